The van der Waals surface area contributed by atoms with Crippen molar-refractivity contribution in [3.05, 3.63) is 53.0 Å². The third kappa shape index (κ3) is 2.90. The van der Waals surface area contributed by atoms with Gasteiger partial charge in [0.15, 0.2) is 11.6 Å². The summed E-state index contributed by atoms with van der Waals surface area (Å²) in [4.78, 5) is 5.44. The lowest BCUT2D eigenvalue weighted by atomic mass is 10.4. The zero-order chi connectivity index (χ0) is 13.1. The molecule has 0 aliphatic carbocycles. The summed E-state index contributed by atoms with van der Waals surface area (Å²) in [7, 11) is 0. The van der Waals surface area contributed by atoms with Crippen LogP contribution in [0.1, 0.15) is 5.82 Å². The van der Waals surface area contributed by atoms with E-state index in [9.17, 15) is 0 Å². The first-order chi connectivity index (χ1) is 9.33. The molecular formula is C13H9BrN2O2S. The summed E-state index contributed by atoms with van der Waals surface area (Å²) in [5.41, 5.74) is 0. The van der Waals surface area contributed by atoms with Crippen LogP contribution in [0.25, 0.3) is 11.7 Å². The fraction of sp³-hybridized carbons (Fsp3) is 0.0769. The Balaban J connectivity index is 1.70. The summed E-state index contributed by atoms with van der Waals surface area (Å²) in [6.07, 6.45) is 1.58. The molecule has 2 aromatic heterocycles. The van der Waals surface area contributed by atoms with Crippen molar-refractivity contribution in [2.45, 2.75) is 10.6 Å². The van der Waals surface area contributed by atoms with Gasteiger partial charge < -0.3 is 8.94 Å². The molecule has 0 atom stereocenters. The number of furan rings is 1. The number of benzene rings is 1. The first-order valence-electron chi connectivity index (χ1n) is 5.57. The van der Waals surface area contributed by atoms with Crippen LogP contribution >= 0.6 is 27.7 Å². The summed E-state index contributed by atoms with van der Waals surface area (Å²) in [6, 6.07) is 11.6. The number of hydrogen-bond acceptors (Lipinski definition) is 5. The molecule has 0 aliphatic heterocycles. The second-order valence-electron chi connectivity index (χ2n) is 3.71. The molecular weight excluding hydrogens is 328 g/mol. The van der Waals surface area contributed by atoms with Crippen LogP contribution in [0, 0.1) is 0 Å². The van der Waals surface area contributed by atoms with Crippen LogP contribution in [-0.2, 0) is 5.75 Å². The summed E-state index contributed by atoms with van der Waals surface area (Å²) in [5.74, 6) is 2.29. The number of rotatable bonds is 4. The maximum absolute atomic E-state index is 5.20. The van der Waals surface area contributed by atoms with E-state index >= 15 is 0 Å². The van der Waals surface area contributed by atoms with E-state index < -0.39 is 0 Å². The standard InChI is InChI=1S/C13H9BrN2O2S/c14-9-4-1-2-6-11(9)19-8-12-15-13(18-16-12)10-5-3-7-17-10/h1-7H,8H2. The van der Waals surface area contributed by atoms with Crippen LogP contribution in [0.3, 0.4) is 0 Å². The normalized spacial score (nSPS) is 10.8. The van der Waals surface area contributed by atoms with Gasteiger partial charge >= 0.3 is 0 Å². The van der Waals surface area contributed by atoms with Gasteiger partial charge in [-0.25, -0.2) is 0 Å². The molecule has 19 heavy (non-hydrogen) atoms. The van der Waals surface area contributed by atoms with Crippen LogP contribution in [0.5, 0.6) is 0 Å². The quantitative estimate of drug-likeness (QED) is 0.661. The number of aromatic nitrogens is 2. The van der Waals surface area contributed by atoms with E-state index in [1.54, 1.807) is 30.2 Å². The molecule has 96 valence electrons. The van der Waals surface area contributed by atoms with Gasteiger partial charge in [-0.15, -0.1) is 11.8 Å². The lowest BCUT2D eigenvalue weighted by Crippen LogP contribution is -1.84. The number of hydrogen-bond donors (Lipinski definition) is 0. The van der Waals surface area contributed by atoms with E-state index in [-0.39, 0.29) is 0 Å². The Morgan fingerprint density at radius 2 is 2.05 bits per heavy atom. The fourth-order valence-electron chi connectivity index (χ4n) is 1.52. The molecule has 0 unspecified atom stereocenters. The number of thioether (sulfide) groups is 1. The van der Waals surface area contributed by atoms with Gasteiger partial charge in [0.25, 0.3) is 5.89 Å². The zero-order valence-electron chi connectivity index (χ0n) is 9.75. The lowest BCUT2D eigenvalue weighted by Gasteiger charge is -2.00. The van der Waals surface area contributed by atoms with Crippen molar-refractivity contribution in [1.82, 2.24) is 10.1 Å². The van der Waals surface area contributed by atoms with Gasteiger partial charge in [0.05, 0.1) is 12.0 Å². The first-order valence-corrected chi connectivity index (χ1v) is 7.34. The average molecular weight is 337 g/mol. The van der Waals surface area contributed by atoms with E-state index in [0.29, 0.717) is 23.2 Å². The summed E-state index contributed by atoms with van der Waals surface area (Å²) >= 11 is 5.15. The summed E-state index contributed by atoms with van der Waals surface area (Å²) < 4.78 is 11.4. The van der Waals surface area contributed by atoms with Crippen molar-refractivity contribution >= 4 is 27.7 Å². The Hall–Kier alpha value is -1.53. The van der Waals surface area contributed by atoms with Crippen molar-refractivity contribution in [2.75, 3.05) is 0 Å². The number of nitrogens with zero attached hydrogens (tertiary/aromatic N) is 2. The molecule has 2 heterocycles. The second-order valence-corrected chi connectivity index (χ2v) is 5.58. The van der Waals surface area contributed by atoms with Gasteiger partial charge in [0.1, 0.15) is 0 Å². The Morgan fingerprint density at radius 1 is 1.16 bits per heavy atom. The second kappa shape index (κ2) is 5.63. The molecule has 0 bridgehead atoms. The minimum absolute atomic E-state index is 0.410. The van der Waals surface area contributed by atoms with E-state index in [1.807, 2.05) is 24.3 Å². The molecule has 0 N–H and O–H groups in total. The molecule has 0 spiro atoms. The molecule has 0 saturated carbocycles. The monoisotopic (exact) mass is 336 g/mol. The third-order valence-electron chi connectivity index (χ3n) is 2.39. The van der Waals surface area contributed by atoms with Crippen LogP contribution in [0.15, 0.2) is 61.0 Å². The van der Waals surface area contributed by atoms with Crippen molar-refractivity contribution < 1.29 is 8.94 Å². The van der Waals surface area contributed by atoms with Crippen LogP contribution in [-0.4, -0.2) is 10.1 Å². The molecule has 3 rings (SSSR count). The van der Waals surface area contributed by atoms with Gasteiger partial charge in [0.2, 0.25) is 0 Å². The Morgan fingerprint density at radius 3 is 2.84 bits per heavy atom. The van der Waals surface area contributed by atoms with Crippen LogP contribution in [0.2, 0.25) is 0 Å². The van der Waals surface area contributed by atoms with Crippen LogP contribution in [0.4, 0.5) is 0 Å². The maximum Gasteiger partial charge on any atom is 0.293 e. The molecule has 6 heteroatoms. The predicted octanol–water partition coefficient (Wildman–Crippen LogP) is 4.38. The van der Waals surface area contributed by atoms with Crippen LogP contribution < -0.4 is 0 Å². The van der Waals surface area contributed by atoms with E-state index in [4.69, 9.17) is 8.94 Å². The highest BCUT2D eigenvalue weighted by molar-refractivity contribution is 9.10. The molecule has 0 fully saturated rings. The van der Waals surface area contributed by atoms with E-state index in [2.05, 4.69) is 26.1 Å². The van der Waals surface area contributed by atoms with Crippen molar-refractivity contribution in [3.63, 3.8) is 0 Å². The third-order valence-corrected chi connectivity index (χ3v) is 4.42. The highest BCUT2D eigenvalue weighted by Gasteiger charge is 2.11. The molecule has 0 saturated heterocycles. The minimum atomic E-state index is 0.410. The molecule has 1 aromatic carbocycles. The summed E-state index contributed by atoms with van der Waals surface area (Å²) in [5, 5.41) is 3.93. The lowest BCUT2D eigenvalue weighted by molar-refractivity contribution is 0.411. The largest absolute Gasteiger partial charge is 0.459 e. The topological polar surface area (TPSA) is 52.1 Å². The summed E-state index contributed by atoms with van der Waals surface area (Å²) in [6.45, 7) is 0. The highest BCUT2D eigenvalue weighted by atomic mass is 79.9. The van der Waals surface area contributed by atoms with Crippen molar-refractivity contribution in [3.8, 4) is 11.7 Å². The predicted molar refractivity (Wildman–Crippen MR) is 75.7 cm³/mol. The number of halogens is 1. The van der Waals surface area contributed by atoms with Gasteiger partial charge in [-0.05, 0) is 40.2 Å². The van der Waals surface area contributed by atoms with Crippen molar-refractivity contribution in [2.24, 2.45) is 0 Å². The Bertz CT molecular complexity index is 667. The van der Waals surface area contributed by atoms with Gasteiger partial charge in [-0.2, -0.15) is 4.98 Å². The molecule has 4 nitrogen and oxygen atoms in total. The van der Waals surface area contributed by atoms with Crippen molar-refractivity contribution in [1.29, 1.82) is 0 Å². The Labute approximate surface area is 122 Å². The van der Waals surface area contributed by atoms with Gasteiger partial charge in [0, 0.05) is 9.37 Å². The first kappa shape index (κ1) is 12.5. The minimum Gasteiger partial charge on any atom is -0.459 e. The van der Waals surface area contributed by atoms with E-state index in [1.165, 1.54) is 0 Å². The molecule has 0 amide bonds. The average Bonchev–Trinajstić information content (AvgIpc) is 3.09. The van der Waals surface area contributed by atoms with E-state index in [0.717, 1.165) is 9.37 Å². The molecule has 0 aliphatic rings. The Kier molecular flexibility index (Phi) is 3.70. The smallest absolute Gasteiger partial charge is 0.293 e. The highest BCUT2D eigenvalue weighted by Crippen LogP contribution is 2.29. The zero-order valence-corrected chi connectivity index (χ0v) is 12.1. The van der Waals surface area contributed by atoms with Gasteiger partial charge in [-0.1, -0.05) is 17.3 Å². The SMILES string of the molecule is Brc1ccccc1SCc1noc(-c2ccco2)n1. The molecule has 0 radical (unpaired) electrons. The fourth-order valence-corrected chi connectivity index (χ4v) is 2.93. The van der Waals surface area contributed by atoms with Gasteiger partial charge in [-0.3, -0.25) is 0 Å². The molecule has 3 aromatic rings. The maximum atomic E-state index is 5.20.